The second-order valence-electron chi connectivity index (χ2n) is 4.40. The van der Waals surface area contributed by atoms with E-state index in [1.807, 2.05) is 6.92 Å². The molecule has 0 aliphatic rings. The van der Waals surface area contributed by atoms with Gasteiger partial charge in [-0.05, 0) is 30.9 Å². The quantitative estimate of drug-likeness (QED) is 0.785. The topological polar surface area (TPSA) is 35.2 Å². The first kappa shape index (κ1) is 14.2. The van der Waals surface area contributed by atoms with Crippen LogP contribution in [-0.4, -0.2) is 12.7 Å². The van der Waals surface area contributed by atoms with Gasteiger partial charge >= 0.3 is 0 Å². The fraction of sp³-hybridized carbons (Fsp3) is 0.600. The SMILES string of the molecule is CCCC(OCC)C(N)c1ccc(CC)cc1. The van der Waals surface area contributed by atoms with E-state index >= 15 is 0 Å². The molecule has 0 aliphatic carbocycles. The number of aryl methyl sites for hydroxylation is 1. The summed E-state index contributed by atoms with van der Waals surface area (Å²) in [7, 11) is 0. The first-order chi connectivity index (χ1) is 8.22. The highest BCUT2D eigenvalue weighted by Crippen LogP contribution is 2.21. The predicted octanol–water partition coefficient (Wildman–Crippen LogP) is 3.45. The third-order valence-electron chi connectivity index (χ3n) is 3.13. The number of rotatable bonds is 7. The summed E-state index contributed by atoms with van der Waals surface area (Å²) in [6.07, 6.45) is 3.33. The van der Waals surface area contributed by atoms with Crippen LogP contribution in [0.2, 0.25) is 0 Å². The van der Waals surface area contributed by atoms with Gasteiger partial charge in [0.15, 0.2) is 0 Å². The molecule has 2 N–H and O–H groups in total. The van der Waals surface area contributed by atoms with Gasteiger partial charge in [0.2, 0.25) is 0 Å². The number of nitrogens with two attached hydrogens (primary N) is 1. The van der Waals surface area contributed by atoms with E-state index in [1.165, 1.54) is 11.1 Å². The Morgan fingerprint density at radius 3 is 2.24 bits per heavy atom. The maximum atomic E-state index is 6.28. The Morgan fingerprint density at radius 1 is 1.12 bits per heavy atom. The summed E-state index contributed by atoms with van der Waals surface area (Å²) in [4.78, 5) is 0. The molecule has 0 saturated heterocycles. The summed E-state index contributed by atoms with van der Waals surface area (Å²) in [5, 5.41) is 0. The van der Waals surface area contributed by atoms with Gasteiger partial charge in [0.05, 0.1) is 12.1 Å². The maximum absolute atomic E-state index is 6.28. The minimum Gasteiger partial charge on any atom is -0.377 e. The zero-order chi connectivity index (χ0) is 12.7. The first-order valence-electron chi connectivity index (χ1n) is 6.68. The highest BCUT2D eigenvalue weighted by atomic mass is 16.5. The van der Waals surface area contributed by atoms with Crippen molar-refractivity contribution < 1.29 is 4.74 Å². The summed E-state index contributed by atoms with van der Waals surface area (Å²) in [5.41, 5.74) is 8.80. The monoisotopic (exact) mass is 235 g/mol. The highest BCUT2D eigenvalue weighted by Gasteiger charge is 2.18. The number of hydrogen-bond donors (Lipinski definition) is 1. The van der Waals surface area contributed by atoms with E-state index in [0.717, 1.165) is 25.9 Å². The van der Waals surface area contributed by atoms with Crippen LogP contribution in [0.1, 0.15) is 50.8 Å². The summed E-state index contributed by atoms with van der Waals surface area (Å²) in [5.74, 6) is 0. The molecule has 1 aromatic rings. The van der Waals surface area contributed by atoms with E-state index in [-0.39, 0.29) is 12.1 Å². The van der Waals surface area contributed by atoms with Gasteiger partial charge in [-0.1, -0.05) is 44.5 Å². The van der Waals surface area contributed by atoms with Gasteiger partial charge in [-0.25, -0.2) is 0 Å². The van der Waals surface area contributed by atoms with E-state index in [4.69, 9.17) is 10.5 Å². The molecule has 0 bridgehead atoms. The molecule has 0 saturated carbocycles. The van der Waals surface area contributed by atoms with Gasteiger partial charge in [0, 0.05) is 6.61 Å². The Hall–Kier alpha value is -0.860. The van der Waals surface area contributed by atoms with Crippen molar-refractivity contribution in [2.24, 2.45) is 5.73 Å². The molecule has 0 fully saturated rings. The molecule has 0 aromatic heterocycles. The average molecular weight is 235 g/mol. The molecule has 1 aromatic carbocycles. The molecule has 0 aliphatic heterocycles. The third-order valence-corrected chi connectivity index (χ3v) is 3.13. The van der Waals surface area contributed by atoms with E-state index < -0.39 is 0 Å². The lowest BCUT2D eigenvalue weighted by atomic mass is 9.97. The molecule has 2 atom stereocenters. The normalized spacial score (nSPS) is 14.6. The van der Waals surface area contributed by atoms with Crippen LogP contribution in [0.25, 0.3) is 0 Å². The lowest BCUT2D eigenvalue weighted by molar-refractivity contribution is 0.0374. The Labute approximate surface area is 105 Å². The van der Waals surface area contributed by atoms with Crippen LogP contribution in [-0.2, 0) is 11.2 Å². The Morgan fingerprint density at radius 2 is 1.76 bits per heavy atom. The summed E-state index contributed by atoms with van der Waals surface area (Å²) in [6.45, 7) is 7.08. The van der Waals surface area contributed by atoms with Crippen molar-refractivity contribution in [3.8, 4) is 0 Å². The number of benzene rings is 1. The third kappa shape index (κ3) is 4.14. The van der Waals surface area contributed by atoms with Gasteiger partial charge < -0.3 is 10.5 Å². The largest absolute Gasteiger partial charge is 0.377 e. The molecule has 0 spiro atoms. The van der Waals surface area contributed by atoms with Gasteiger partial charge in [-0.15, -0.1) is 0 Å². The van der Waals surface area contributed by atoms with Crippen LogP contribution >= 0.6 is 0 Å². The summed E-state index contributed by atoms with van der Waals surface area (Å²) < 4.78 is 5.73. The minimum atomic E-state index is -0.0131. The Balaban J connectivity index is 2.73. The molecule has 17 heavy (non-hydrogen) atoms. The van der Waals surface area contributed by atoms with Crippen LogP contribution < -0.4 is 5.73 Å². The zero-order valence-electron chi connectivity index (χ0n) is 11.3. The van der Waals surface area contributed by atoms with E-state index in [2.05, 4.69) is 38.1 Å². The van der Waals surface area contributed by atoms with E-state index in [0.29, 0.717) is 0 Å². The molecular weight excluding hydrogens is 210 g/mol. The van der Waals surface area contributed by atoms with Gasteiger partial charge in [-0.2, -0.15) is 0 Å². The van der Waals surface area contributed by atoms with Crippen LogP contribution in [0, 0.1) is 0 Å². The smallest absolute Gasteiger partial charge is 0.0767 e. The van der Waals surface area contributed by atoms with Crippen molar-refractivity contribution in [3.63, 3.8) is 0 Å². The lowest BCUT2D eigenvalue weighted by Gasteiger charge is -2.24. The fourth-order valence-corrected chi connectivity index (χ4v) is 2.06. The molecule has 0 amide bonds. The van der Waals surface area contributed by atoms with E-state index in [9.17, 15) is 0 Å². The molecule has 1 rings (SSSR count). The van der Waals surface area contributed by atoms with Crippen molar-refractivity contribution in [2.45, 2.75) is 52.2 Å². The lowest BCUT2D eigenvalue weighted by Crippen LogP contribution is -2.29. The van der Waals surface area contributed by atoms with Crippen LogP contribution in [0.15, 0.2) is 24.3 Å². The summed E-state index contributed by atoms with van der Waals surface area (Å²) >= 11 is 0. The zero-order valence-corrected chi connectivity index (χ0v) is 11.3. The van der Waals surface area contributed by atoms with Gasteiger partial charge in [0.1, 0.15) is 0 Å². The molecule has 96 valence electrons. The molecule has 0 heterocycles. The maximum Gasteiger partial charge on any atom is 0.0767 e. The van der Waals surface area contributed by atoms with Crippen molar-refractivity contribution in [3.05, 3.63) is 35.4 Å². The van der Waals surface area contributed by atoms with Gasteiger partial charge in [0.25, 0.3) is 0 Å². The Kier molecular flexibility index (Phi) is 6.23. The van der Waals surface area contributed by atoms with Crippen LogP contribution in [0.4, 0.5) is 0 Å². The second kappa shape index (κ2) is 7.46. The minimum absolute atomic E-state index is 0.0131. The number of ether oxygens (including phenoxy) is 1. The molecule has 0 radical (unpaired) electrons. The Bertz CT molecular complexity index is 301. The fourth-order valence-electron chi connectivity index (χ4n) is 2.06. The van der Waals surface area contributed by atoms with Crippen molar-refractivity contribution in [2.75, 3.05) is 6.61 Å². The van der Waals surface area contributed by atoms with Crippen molar-refractivity contribution in [1.82, 2.24) is 0 Å². The van der Waals surface area contributed by atoms with Gasteiger partial charge in [-0.3, -0.25) is 0 Å². The average Bonchev–Trinajstić information content (AvgIpc) is 2.38. The first-order valence-corrected chi connectivity index (χ1v) is 6.68. The van der Waals surface area contributed by atoms with Crippen molar-refractivity contribution in [1.29, 1.82) is 0 Å². The molecule has 2 nitrogen and oxygen atoms in total. The number of hydrogen-bond acceptors (Lipinski definition) is 2. The standard InChI is InChI=1S/C15H25NO/c1-4-7-14(17-6-3)15(16)13-10-8-12(5-2)9-11-13/h8-11,14-15H,4-7,16H2,1-3H3. The van der Waals surface area contributed by atoms with Crippen LogP contribution in [0.5, 0.6) is 0 Å². The van der Waals surface area contributed by atoms with Crippen molar-refractivity contribution >= 4 is 0 Å². The molecular formula is C15H25NO. The summed E-state index contributed by atoms with van der Waals surface area (Å²) in [6, 6.07) is 8.56. The molecule has 2 heteroatoms. The second-order valence-corrected chi connectivity index (χ2v) is 4.40. The predicted molar refractivity (Wildman–Crippen MR) is 73.1 cm³/mol. The van der Waals surface area contributed by atoms with Crippen LogP contribution in [0.3, 0.4) is 0 Å². The van der Waals surface area contributed by atoms with E-state index in [1.54, 1.807) is 0 Å². The molecule has 2 unspecified atom stereocenters. The highest BCUT2D eigenvalue weighted by molar-refractivity contribution is 5.25.